The van der Waals surface area contributed by atoms with Crippen LogP contribution in [0.15, 0.2) is 78.9 Å². The van der Waals surface area contributed by atoms with Crippen LogP contribution < -0.4 is 10.1 Å². The Morgan fingerprint density at radius 1 is 0.909 bits per heavy atom. The molecule has 0 fully saturated rings. The summed E-state index contributed by atoms with van der Waals surface area (Å²) >= 11 is 0. The quantitative estimate of drug-likeness (QED) is 0.494. The smallest absolute Gasteiger partial charge is 0.416 e. The summed E-state index contributed by atoms with van der Waals surface area (Å²) in [6.45, 7) is 0.358. The molecule has 0 spiro atoms. The normalized spacial score (nSPS) is 12.0. The number of methoxy groups -OCH3 is 1. The van der Waals surface area contributed by atoms with E-state index in [4.69, 9.17) is 9.47 Å². The minimum absolute atomic E-state index is 0.0694. The Hall–Kier alpha value is -3.81. The van der Waals surface area contributed by atoms with Crippen molar-refractivity contribution < 1.29 is 32.2 Å². The van der Waals surface area contributed by atoms with E-state index in [-0.39, 0.29) is 12.0 Å². The van der Waals surface area contributed by atoms with Gasteiger partial charge >= 0.3 is 12.1 Å². The van der Waals surface area contributed by atoms with Crippen molar-refractivity contribution in [2.75, 3.05) is 7.11 Å². The van der Waals surface area contributed by atoms with Crippen LogP contribution in [0.3, 0.4) is 0 Å². The Morgan fingerprint density at radius 3 is 2.30 bits per heavy atom. The van der Waals surface area contributed by atoms with E-state index >= 15 is 0 Å². The molecule has 0 heterocycles. The van der Waals surface area contributed by atoms with E-state index in [0.717, 1.165) is 23.8 Å². The maximum absolute atomic E-state index is 13.0. The minimum Gasteiger partial charge on any atom is -0.489 e. The number of carbonyl (C=O) groups excluding carboxylic acids is 2. The Morgan fingerprint density at radius 2 is 1.61 bits per heavy atom. The fourth-order valence-electron chi connectivity index (χ4n) is 3.15. The van der Waals surface area contributed by atoms with Gasteiger partial charge in [-0.1, -0.05) is 48.5 Å². The number of amides is 1. The van der Waals surface area contributed by atoms with Crippen LogP contribution in [0, 0.1) is 0 Å². The second-order valence-corrected chi connectivity index (χ2v) is 7.25. The highest BCUT2D eigenvalue weighted by atomic mass is 19.4. The van der Waals surface area contributed by atoms with Crippen LogP contribution in [-0.2, 0) is 28.7 Å². The first kappa shape index (κ1) is 23.8. The predicted octanol–water partition coefficient (Wildman–Crippen LogP) is 4.80. The van der Waals surface area contributed by atoms with E-state index in [1.54, 1.807) is 24.3 Å². The second-order valence-electron chi connectivity index (χ2n) is 7.25. The highest BCUT2D eigenvalue weighted by Gasteiger charge is 2.31. The molecule has 1 amide bonds. The number of benzene rings is 3. The first-order valence-corrected chi connectivity index (χ1v) is 10.1. The third kappa shape index (κ3) is 6.83. The number of alkyl halides is 3. The molecule has 3 aromatic carbocycles. The van der Waals surface area contributed by atoms with Crippen molar-refractivity contribution in [3.05, 3.63) is 101 Å². The first-order chi connectivity index (χ1) is 15.8. The van der Waals surface area contributed by atoms with Gasteiger partial charge in [-0.25, -0.2) is 4.79 Å². The van der Waals surface area contributed by atoms with E-state index in [1.165, 1.54) is 13.2 Å². The number of nitrogens with one attached hydrogen (secondary N) is 1. The number of rotatable bonds is 8. The molecule has 0 aliphatic rings. The number of halogens is 3. The van der Waals surface area contributed by atoms with Crippen LogP contribution in [0.5, 0.6) is 5.75 Å². The molecule has 8 heteroatoms. The van der Waals surface area contributed by atoms with Crippen LogP contribution in [0.1, 0.15) is 27.0 Å². The van der Waals surface area contributed by atoms with Crippen LogP contribution in [-0.4, -0.2) is 25.0 Å². The number of ether oxygens (including phenoxy) is 2. The molecular formula is C25H22F3NO4. The SMILES string of the molecule is COC(=O)[C@@H](Cc1cccc(OCc2ccccc2)c1)NC(=O)c1cccc(C(F)(F)F)c1. The number of carbonyl (C=O) groups is 2. The molecule has 0 aliphatic heterocycles. The average molecular weight is 457 g/mol. The zero-order chi connectivity index (χ0) is 23.8. The second kappa shape index (κ2) is 10.7. The lowest BCUT2D eigenvalue weighted by Gasteiger charge is -2.18. The van der Waals surface area contributed by atoms with Gasteiger partial charge in [0.2, 0.25) is 0 Å². The van der Waals surface area contributed by atoms with Gasteiger partial charge in [0, 0.05) is 12.0 Å². The van der Waals surface area contributed by atoms with Crippen molar-refractivity contribution in [1.29, 1.82) is 0 Å². The Bertz CT molecular complexity index is 1100. The summed E-state index contributed by atoms with van der Waals surface area (Å²) in [5, 5.41) is 2.47. The molecule has 0 saturated carbocycles. The molecule has 0 unspecified atom stereocenters. The van der Waals surface area contributed by atoms with Gasteiger partial charge in [-0.2, -0.15) is 13.2 Å². The van der Waals surface area contributed by atoms with E-state index in [1.807, 2.05) is 30.3 Å². The van der Waals surface area contributed by atoms with Crippen LogP contribution in [0.25, 0.3) is 0 Å². The molecule has 3 aromatic rings. The molecule has 33 heavy (non-hydrogen) atoms. The van der Waals surface area contributed by atoms with Gasteiger partial charge in [0.1, 0.15) is 18.4 Å². The topological polar surface area (TPSA) is 64.6 Å². The van der Waals surface area contributed by atoms with Crippen LogP contribution in [0.2, 0.25) is 0 Å². The van der Waals surface area contributed by atoms with Crippen molar-refractivity contribution in [2.45, 2.75) is 25.2 Å². The van der Waals surface area contributed by atoms with Crippen molar-refractivity contribution in [3.8, 4) is 5.75 Å². The molecule has 3 rings (SSSR count). The lowest BCUT2D eigenvalue weighted by molar-refractivity contribution is -0.143. The van der Waals surface area contributed by atoms with Gasteiger partial charge in [0.05, 0.1) is 12.7 Å². The lowest BCUT2D eigenvalue weighted by Crippen LogP contribution is -2.43. The zero-order valence-electron chi connectivity index (χ0n) is 17.8. The van der Waals surface area contributed by atoms with Crippen molar-refractivity contribution in [1.82, 2.24) is 5.32 Å². The first-order valence-electron chi connectivity index (χ1n) is 10.1. The molecule has 0 aromatic heterocycles. The molecule has 1 N–H and O–H groups in total. The summed E-state index contributed by atoms with van der Waals surface area (Å²) in [6, 6.07) is 19.5. The van der Waals surface area contributed by atoms with Crippen molar-refractivity contribution >= 4 is 11.9 Å². The fourth-order valence-corrected chi connectivity index (χ4v) is 3.15. The predicted molar refractivity (Wildman–Crippen MR) is 116 cm³/mol. The monoisotopic (exact) mass is 457 g/mol. The van der Waals surface area contributed by atoms with Crippen molar-refractivity contribution in [3.63, 3.8) is 0 Å². The van der Waals surface area contributed by atoms with Gasteiger partial charge < -0.3 is 14.8 Å². The average Bonchev–Trinajstić information content (AvgIpc) is 2.82. The van der Waals surface area contributed by atoms with E-state index in [9.17, 15) is 22.8 Å². The fraction of sp³-hybridized carbons (Fsp3) is 0.200. The van der Waals surface area contributed by atoms with E-state index in [2.05, 4.69) is 5.32 Å². The highest BCUT2D eigenvalue weighted by molar-refractivity contribution is 5.97. The maximum Gasteiger partial charge on any atom is 0.416 e. The summed E-state index contributed by atoms with van der Waals surface area (Å²) in [7, 11) is 1.17. The third-order valence-corrected chi connectivity index (χ3v) is 4.83. The molecule has 172 valence electrons. The van der Waals surface area contributed by atoms with E-state index in [0.29, 0.717) is 17.9 Å². The third-order valence-electron chi connectivity index (χ3n) is 4.83. The molecule has 0 saturated heterocycles. The van der Waals surface area contributed by atoms with Gasteiger partial charge in [0.25, 0.3) is 5.91 Å². The number of hydrogen-bond acceptors (Lipinski definition) is 4. The summed E-state index contributed by atoms with van der Waals surface area (Å²) in [6.07, 6.45) is -4.52. The molecule has 0 bridgehead atoms. The summed E-state index contributed by atoms with van der Waals surface area (Å²) in [4.78, 5) is 24.8. The minimum atomic E-state index is -4.59. The molecular weight excluding hydrogens is 435 g/mol. The van der Waals surface area contributed by atoms with Crippen LogP contribution >= 0.6 is 0 Å². The molecule has 0 radical (unpaired) electrons. The summed E-state index contributed by atoms with van der Waals surface area (Å²) in [5.74, 6) is -0.955. The van der Waals surface area contributed by atoms with Gasteiger partial charge in [-0.05, 0) is 41.5 Å². The number of esters is 1. The zero-order valence-corrected chi connectivity index (χ0v) is 17.8. The lowest BCUT2D eigenvalue weighted by atomic mass is 10.0. The Labute approximate surface area is 189 Å². The van der Waals surface area contributed by atoms with Gasteiger partial charge in [-0.15, -0.1) is 0 Å². The van der Waals surface area contributed by atoms with E-state index < -0.39 is 29.7 Å². The largest absolute Gasteiger partial charge is 0.489 e. The standard InChI is InChI=1S/C25H22F3NO4/c1-32-24(31)22(29-23(30)19-10-6-11-20(15-19)25(26,27)28)14-18-9-5-12-21(13-18)33-16-17-7-3-2-4-8-17/h2-13,15,22H,14,16H2,1H3,(H,29,30)/t22-/m1/s1. The molecule has 1 atom stereocenters. The van der Waals surface area contributed by atoms with Crippen LogP contribution in [0.4, 0.5) is 13.2 Å². The Kier molecular flexibility index (Phi) is 7.71. The molecule has 5 nitrogen and oxygen atoms in total. The summed E-state index contributed by atoms with van der Waals surface area (Å²) in [5.41, 5.74) is 0.510. The summed E-state index contributed by atoms with van der Waals surface area (Å²) < 4.78 is 49.4. The maximum atomic E-state index is 13.0. The van der Waals surface area contributed by atoms with Gasteiger partial charge in [-0.3, -0.25) is 4.79 Å². The molecule has 0 aliphatic carbocycles. The van der Waals surface area contributed by atoms with Gasteiger partial charge in [0.15, 0.2) is 0 Å². The highest BCUT2D eigenvalue weighted by Crippen LogP contribution is 2.29. The Balaban J connectivity index is 1.71. The van der Waals surface area contributed by atoms with Crippen molar-refractivity contribution in [2.24, 2.45) is 0 Å². The number of hydrogen-bond donors (Lipinski definition) is 1.